The lowest BCUT2D eigenvalue weighted by atomic mass is 9.85. The van der Waals surface area contributed by atoms with Crippen LogP contribution < -0.4 is 10.2 Å². The number of carboxylic acid groups (broad SMARTS) is 1. The van der Waals surface area contributed by atoms with Crippen LogP contribution in [0.25, 0.3) is 11.4 Å². The van der Waals surface area contributed by atoms with E-state index in [1.54, 1.807) is 11.8 Å². The van der Waals surface area contributed by atoms with Gasteiger partial charge >= 0.3 is 5.97 Å². The molecule has 0 spiro atoms. The maximum Gasteiger partial charge on any atom is 0.341 e. The molecule has 152 valence electrons. The molecule has 1 N–H and O–H groups in total. The van der Waals surface area contributed by atoms with Gasteiger partial charge in [0.2, 0.25) is 0 Å². The summed E-state index contributed by atoms with van der Waals surface area (Å²) in [5, 5.41) is 14.2. The summed E-state index contributed by atoms with van der Waals surface area (Å²) in [6.07, 6.45) is 2.10. The van der Waals surface area contributed by atoms with Crippen LogP contribution in [0.15, 0.2) is 17.1 Å². The van der Waals surface area contributed by atoms with E-state index >= 15 is 0 Å². The van der Waals surface area contributed by atoms with Crippen LogP contribution in [0, 0.1) is 5.41 Å². The molecular formula is C19H24ClN3O5. The summed E-state index contributed by atoms with van der Waals surface area (Å²) in [6, 6.07) is 1.20. The lowest BCUT2D eigenvalue weighted by molar-refractivity contribution is 0.0693. The topological polar surface area (TPSA) is 95.6 Å². The van der Waals surface area contributed by atoms with E-state index in [2.05, 4.69) is 25.9 Å². The minimum absolute atomic E-state index is 0.119. The van der Waals surface area contributed by atoms with Gasteiger partial charge in [-0.1, -0.05) is 32.4 Å². The van der Waals surface area contributed by atoms with E-state index in [0.717, 1.165) is 0 Å². The first-order chi connectivity index (χ1) is 13.1. The molecule has 3 rings (SSSR count). The smallest absolute Gasteiger partial charge is 0.341 e. The van der Waals surface area contributed by atoms with Crippen LogP contribution in [0.3, 0.4) is 0 Å². The van der Waals surface area contributed by atoms with Gasteiger partial charge in [-0.05, 0) is 5.41 Å². The number of carbonyl (C=O) groups is 1. The van der Waals surface area contributed by atoms with Crippen molar-refractivity contribution in [3.8, 4) is 17.3 Å². The molecule has 0 aromatic carbocycles. The van der Waals surface area contributed by atoms with Gasteiger partial charge in [-0.3, -0.25) is 9.48 Å². The number of aromatic carboxylic acids is 1. The van der Waals surface area contributed by atoms with E-state index < -0.39 is 11.4 Å². The second-order valence-corrected chi connectivity index (χ2v) is 8.25. The maximum absolute atomic E-state index is 12.3. The molecule has 1 aliphatic rings. The number of halogens is 1. The average Bonchev–Trinajstić information content (AvgIpc) is 2.92. The Balaban J connectivity index is 2.11. The molecule has 0 aliphatic carbocycles. The Bertz CT molecular complexity index is 958. The van der Waals surface area contributed by atoms with Gasteiger partial charge in [0.15, 0.2) is 5.43 Å². The first kappa shape index (κ1) is 20.4. The van der Waals surface area contributed by atoms with E-state index in [1.165, 1.54) is 12.3 Å². The third-order valence-corrected chi connectivity index (χ3v) is 5.17. The zero-order chi connectivity index (χ0) is 20.6. The molecule has 0 saturated carbocycles. The standard InChI is InChI=1S/C19H24ClN3O5/c1-19(2,3)14-10-23-16(15(20)17(21-23)28-7-5-6-27-4)12-8-13(24)11(18(25)26)9-22(12)14/h8-9,14H,5-7,10H2,1-4H3,(H,25,26)/t14-/m0/s1. The van der Waals surface area contributed by atoms with Crippen LogP contribution >= 0.6 is 11.6 Å². The van der Waals surface area contributed by atoms with Crippen molar-refractivity contribution < 1.29 is 19.4 Å². The fourth-order valence-corrected chi connectivity index (χ4v) is 3.65. The van der Waals surface area contributed by atoms with E-state index in [-0.39, 0.29) is 17.0 Å². The highest BCUT2D eigenvalue weighted by molar-refractivity contribution is 6.34. The second kappa shape index (κ2) is 7.60. The van der Waals surface area contributed by atoms with Crippen molar-refractivity contribution in [3.05, 3.63) is 33.1 Å². The second-order valence-electron chi connectivity index (χ2n) is 7.88. The highest BCUT2D eigenvalue weighted by Gasteiger charge is 2.36. The van der Waals surface area contributed by atoms with Crippen molar-refractivity contribution in [1.29, 1.82) is 0 Å². The monoisotopic (exact) mass is 409 g/mol. The third kappa shape index (κ3) is 3.66. The fraction of sp³-hybridized carbons (Fsp3) is 0.526. The predicted molar refractivity (Wildman–Crippen MR) is 104 cm³/mol. The van der Waals surface area contributed by atoms with Crippen molar-refractivity contribution in [2.45, 2.75) is 39.8 Å². The SMILES string of the molecule is COCCCOc1nn2c(c1Cl)-c1cc(=O)c(C(=O)O)cn1[C@H](C(C)(C)C)C2. The first-order valence-electron chi connectivity index (χ1n) is 9.03. The largest absolute Gasteiger partial charge is 0.477 e. The number of rotatable bonds is 6. The number of hydrogen-bond acceptors (Lipinski definition) is 5. The van der Waals surface area contributed by atoms with Gasteiger partial charge in [0.25, 0.3) is 5.88 Å². The van der Waals surface area contributed by atoms with Gasteiger partial charge in [-0.2, -0.15) is 0 Å². The van der Waals surface area contributed by atoms with E-state index in [0.29, 0.717) is 48.5 Å². The molecule has 0 fully saturated rings. The Morgan fingerprint density at radius 1 is 1.39 bits per heavy atom. The summed E-state index contributed by atoms with van der Waals surface area (Å²) < 4.78 is 14.3. The van der Waals surface area contributed by atoms with Crippen LogP contribution in [-0.4, -0.2) is 45.7 Å². The molecule has 0 unspecified atom stereocenters. The molecule has 8 nitrogen and oxygen atoms in total. The normalized spacial score (nSPS) is 15.8. The quantitative estimate of drug-likeness (QED) is 0.736. The Kier molecular flexibility index (Phi) is 5.54. The highest BCUT2D eigenvalue weighted by Crippen LogP contribution is 2.44. The predicted octanol–water partition coefficient (Wildman–Crippen LogP) is 3.08. The van der Waals surface area contributed by atoms with Gasteiger partial charge < -0.3 is 19.1 Å². The molecule has 0 amide bonds. The summed E-state index contributed by atoms with van der Waals surface area (Å²) in [7, 11) is 1.62. The Labute approximate surface area is 167 Å². The van der Waals surface area contributed by atoms with Gasteiger partial charge in [0.1, 0.15) is 16.3 Å². The van der Waals surface area contributed by atoms with Gasteiger partial charge in [0.05, 0.1) is 24.9 Å². The summed E-state index contributed by atoms with van der Waals surface area (Å²) in [4.78, 5) is 23.8. The van der Waals surface area contributed by atoms with Crippen molar-refractivity contribution >= 4 is 17.6 Å². The number of nitrogens with zero attached hydrogens (tertiary/aromatic N) is 3. The Hall–Kier alpha value is -2.32. The minimum Gasteiger partial charge on any atom is -0.477 e. The summed E-state index contributed by atoms with van der Waals surface area (Å²) in [5.74, 6) is -0.955. The lowest BCUT2D eigenvalue weighted by Crippen LogP contribution is -2.35. The van der Waals surface area contributed by atoms with Gasteiger partial charge in [-0.15, -0.1) is 5.10 Å². The molecule has 2 aromatic heterocycles. The maximum atomic E-state index is 12.3. The Morgan fingerprint density at radius 3 is 2.71 bits per heavy atom. The number of ether oxygens (including phenoxy) is 2. The van der Waals surface area contributed by atoms with Gasteiger partial charge in [0, 0.05) is 32.4 Å². The molecule has 1 atom stereocenters. The molecule has 0 saturated heterocycles. The van der Waals surface area contributed by atoms with Gasteiger partial charge in [-0.25, -0.2) is 4.79 Å². The van der Waals surface area contributed by atoms with Crippen LogP contribution in [0.5, 0.6) is 5.88 Å². The van der Waals surface area contributed by atoms with Crippen LogP contribution in [0.1, 0.15) is 43.6 Å². The molecule has 0 radical (unpaired) electrons. The molecular weight excluding hydrogens is 386 g/mol. The van der Waals surface area contributed by atoms with E-state index in [9.17, 15) is 14.7 Å². The number of carboxylic acids is 1. The average molecular weight is 410 g/mol. The number of methoxy groups -OCH3 is 1. The van der Waals surface area contributed by atoms with E-state index in [1.807, 2.05) is 4.57 Å². The lowest BCUT2D eigenvalue weighted by Gasteiger charge is -2.38. The number of pyridine rings is 1. The van der Waals surface area contributed by atoms with Crippen LogP contribution in [-0.2, 0) is 11.3 Å². The van der Waals surface area contributed by atoms with Crippen molar-refractivity contribution in [2.24, 2.45) is 5.41 Å². The number of fused-ring (bicyclic) bond motifs is 3. The minimum atomic E-state index is -1.25. The van der Waals surface area contributed by atoms with Crippen molar-refractivity contribution in [1.82, 2.24) is 14.3 Å². The molecule has 0 bridgehead atoms. The zero-order valence-electron chi connectivity index (χ0n) is 16.4. The van der Waals surface area contributed by atoms with Crippen molar-refractivity contribution in [3.63, 3.8) is 0 Å². The molecule has 2 aromatic rings. The number of hydrogen-bond donors (Lipinski definition) is 1. The fourth-order valence-electron chi connectivity index (χ4n) is 3.36. The summed E-state index contributed by atoms with van der Waals surface area (Å²) in [5.41, 5.74) is 0.0380. The van der Waals surface area contributed by atoms with E-state index in [4.69, 9.17) is 21.1 Å². The molecule has 3 heterocycles. The third-order valence-electron chi connectivity index (χ3n) is 4.83. The highest BCUT2D eigenvalue weighted by atomic mass is 35.5. The molecule has 28 heavy (non-hydrogen) atoms. The summed E-state index contributed by atoms with van der Waals surface area (Å²) >= 11 is 6.53. The summed E-state index contributed by atoms with van der Waals surface area (Å²) in [6.45, 7) is 7.61. The molecule has 1 aliphatic heterocycles. The molecule has 9 heteroatoms. The Morgan fingerprint density at radius 2 is 2.11 bits per heavy atom. The van der Waals surface area contributed by atoms with Crippen LogP contribution in [0.2, 0.25) is 5.02 Å². The number of aromatic nitrogens is 3. The van der Waals surface area contributed by atoms with Crippen LogP contribution in [0.4, 0.5) is 0 Å². The zero-order valence-corrected chi connectivity index (χ0v) is 17.1. The van der Waals surface area contributed by atoms with Crippen molar-refractivity contribution in [2.75, 3.05) is 20.3 Å². The first-order valence-corrected chi connectivity index (χ1v) is 9.40.